The van der Waals surface area contributed by atoms with Gasteiger partial charge in [0.25, 0.3) is 0 Å². The first-order valence-electron chi connectivity index (χ1n) is 13.8. The molecule has 38 heavy (non-hydrogen) atoms. The number of thioether (sulfide) groups is 1. The maximum absolute atomic E-state index is 13.3. The maximum Gasteiger partial charge on any atom is 0.219 e. The summed E-state index contributed by atoms with van der Waals surface area (Å²) in [5.41, 5.74) is 2.84. The second-order valence-corrected chi connectivity index (χ2v) is 16.2. The average molecular weight is 552 g/mol. The van der Waals surface area contributed by atoms with Gasteiger partial charge < -0.3 is 5.11 Å². The Balaban J connectivity index is 2.08. The lowest BCUT2D eigenvalue weighted by Gasteiger charge is -2.33. The number of ketones is 1. The van der Waals surface area contributed by atoms with Gasteiger partial charge >= 0.3 is 0 Å². The number of hydrogen-bond donors (Lipinski definition) is 1. The van der Waals surface area contributed by atoms with Crippen molar-refractivity contribution in [2.45, 2.75) is 107 Å². The number of allylic oxidation sites excluding steroid dienone is 8. The topological polar surface area (TPSA) is 37.3 Å². The van der Waals surface area contributed by atoms with Gasteiger partial charge in [-0.15, -0.1) is 0 Å². The Morgan fingerprint density at radius 1 is 0.789 bits per heavy atom. The van der Waals surface area contributed by atoms with Gasteiger partial charge in [0, 0.05) is 23.0 Å². The first kappa shape index (κ1) is 30.6. The molecule has 1 aromatic rings. The summed E-state index contributed by atoms with van der Waals surface area (Å²) in [5.74, 6) is 0.00190. The quantitative estimate of drug-likeness (QED) is 0.282. The highest BCUT2D eigenvalue weighted by atomic mass is 32.2. The molecule has 1 aromatic heterocycles. The normalized spacial score (nSPS) is 19.6. The van der Waals surface area contributed by atoms with Gasteiger partial charge in [0.05, 0.1) is 11.1 Å². The zero-order valence-corrected chi connectivity index (χ0v) is 27.2. The van der Waals surface area contributed by atoms with E-state index in [1.165, 1.54) is 19.6 Å². The zero-order valence-electron chi connectivity index (χ0n) is 25.6. The van der Waals surface area contributed by atoms with Gasteiger partial charge in [0.2, 0.25) is 26.9 Å². The third-order valence-corrected chi connectivity index (χ3v) is 11.5. The Hall–Kier alpha value is -1.91. The fourth-order valence-electron chi connectivity index (χ4n) is 4.01. The smallest absolute Gasteiger partial charge is 0.219 e. The van der Waals surface area contributed by atoms with Crippen LogP contribution in [0.5, 0.6) is 0 Å². The Morgan fingerprint density at radius 2 is 1.34 bits per heavy atom. The summed E-state index contributed by atoms with van der Waals surface area (Å²) in [6, 6.07) is 4.36. The molecule has 0 radical (unpaired) electrons. The van der Waals surface area contributed by atoms with Crippen molar-refractivity contribution in [2.75, 3.05) is 0 Å². The lowest BCUT2D eigenvalue weighted by atomic mass is 9.83. The molecule has 0 amide bonds. The molecular weight excluding hydrogens is 505 g/mol. The highest BCUT2D eigenvalue weighted by Crippen LogP contribution is 2.50. The van der Waals surface area contributed by atoms with E-state index in [4.69, 9.17) is 0 Å². The molecule has 2 aliphatic rings. The van der Waals surface area contributed by atoms with E-state index in [9.17, 15) is 9.90 Å². The van der Waals surface area contributed by atoms with Gasteiger partial charge in [0.15, 0.2) is 0 Å². The van der Waals surface area contributed by atoms with Crippen LogP contribution in [0.25, 0.3) is 6.08 Å². The lowest BCUT2D eigenvalue weighted by molar-refractivity contribution is -0.113. The fraction of sp³-hybridized carbons (Fsp3) is 0.529. The predicted octanol–water partition coefficient (Wildman–Crippen LogP) is 10.7. The van der Waals surface area contributed by atoms with Crippen molar-refractivity contribution in [2.24, 2.45) is 10.8 Å². The van der Waals surface area contributed by atoms with Gasteiger partial charge in [-0.2, -0.15) is 0 Å². The molecule has 0 saturated heterocycles. The molecule has 0 atom stereocenters. The van der Waals surface area contributed by atoms with Crippen LogP contribution in [0, 0.1) is 10.8 Å². The minimum atomic E-state index is -0.0928. The van der Waals surface area contributed by atoms with E-state index in [1.807, 2.05) is 35.3 Å². The molecule has 1 aliphatic carbocycles. The van der Waals surface area contributed by atoms with Crippen LogP contribution in [0.15, 0.2) is 62.6 Å². The van der Waals surface area contributed by atoms with Crippen LogP contribution < -0.4 is 0 Å². The second kappa shape index (κ2) is 10.6. The fourth-order valence-corrected chi connectivity index (χ4v) is 6.72. The van der Waals surface area contributed by atoms with Gasteiger partial charge in [-0.05, 0) is 68.9 Å². The predicted molar refractivity (Wildman–Crippen MR) is 169 cm³/mol. The molecule has 2 nitrogen and oxygen atoms in total. The summed E-state index contributed by atoms with van der Waals surface area (Å²) >= 11 is 3.69. The molecule has 0 fully saturated rings. The van der Waals surface area contributed by atoms with Crippen molar-refractivity contribution in [3.05, 3.63) is 78.0 Å². The molecule has 0 spiro atoms. The van der Waals surface area contributed by atoms with Crippen molar-refractivity contribution in [1.82, 2.24) is 0 Å². The Kier molecular flexibility index (Phi) is 8.53. The highest BCUT2D eigenvalue weighted by Gasteiger charge is 2.36. The molecule has 1 aliphatic heterocycles. The maximum atomic E-state index is 13.3. The zero-order chi connectivity index (χ0) is 28.8. The summed E-state index contributed by atoms with van der Waals surface area (Å²) < 4.78 is 0. The van der Waals surface area contributed by atoms with Crippen LogP contribution in [0.1, 0.15) is 111 Å². The SMILES string of the molecule is CCC(C)(C)C1=CC(=CC2=C(O)C(=Cc3cc(C(C)(C)C)[s+]c(C(C)(C)CC)c3)C2=O)C=C(C(C)(C)C)S1. The van der Waals surface area contributed by atoms with Gasteiger partial charge in [-0.1, -0.05) is 94.8 Å². The van der Waals surface area contributed by atoms with Crippen LogP contribution in [0.4, 0.5) is 0 Å². The Bertz CT molecular complexity index is 1280. The van der Waals surface area contributed by atoms with Crippen LogP contribution in [0.3, 0.4) is 0 Å². The second-order valence-electron chi connectivity index (χ2n) is 14.0. The van der Waals surface area contributed by atoms with Crippen LogP contribution in [0.2, 0.25) is 0 Å². The van der Waals surface area contributed by atoms with E-state index in [0.29, 0.717) is 11.1 Å². The highest BCUT2D eigenvalue weighted by molar-refractivity contribution is 8.06. The third-order valence-electron chi connectivity index (χ3n) is 7.83. The molecule has 2 heterocycles. The molecule has 0 saturated carbocycles. The van der Waals surface area contributed by atoms with Crippen molar-refractivity contribution < 1.29 is 9.90 Å². The number of rotatable bonds is 6. The molecule has 3 rings (SSSR count). The van der Waals surface area contributed by atoms with Crippen LogP contribution in [-0.2, 0) is 15.6 Å². The van der Waals surface area contributed by atoms with E-state index in [-0.39, 0.29) is 33.2 Å². The molecule has 0 aromatic carbocycles. The van der Waals surface area contributed by atoms with Crippen molar-refractivity contribution in [3.63, 3.8) is 0 Å². The number of aliphatic hydroxyl groups is 1. The minimum absolute atomic E-state index is 0.00123. The Morgan fingerprint density at radius 3 is 1.84 bits per heavy atom. The van der Waals surface area contributed by atoms with E-state index in [1.54, 1.807) is 0 Å². The summed E-state index contributed by atoms with van der Waals surface area (Å²) in [6.07, 6.45) is 10.1. The lowest BCUT2D eigenvalue weighted by Crippen LogP contribution is -2.22. The summed E-state index contributed by atoms with van der Waals surface area (Å²) in [6.45, 7) is 26.8. The average Bonchev–Trinajstić information content (AvgIpc) is 2.84. The number of carbonyl (C=O) groups is 1. The van der Waals surface area contributed by atoms with E-state index in [0.717, 1.165) is 24.0 Å². The third kappa shape index (κ3) is 6.45. The van der Waals surface area contributed by atoms with Crippen molar-refractivity contribution >= 4 is 35.0 Å². The van der Waals surface area contributed by atoms with E-state index < -0.39 is 0 Å². The monoisotopic (exact) mass is 551 g/mol. The van der Waals surface area contributed by atoms with Crippen molar-refractivity contribution in [3.8, 4) is 0 Å². The first-order chi connectivity index (χ1) is 17.3. The molecule has 1 N–H and O–H groups in total. The minimum Gasteiger partial charge on any atom is -0.506 e. The van der Waals surface area contributed by atoms with Gasteiger partial charge in [-0.3, -0.25) is 4.79 Å². The number of Topliss-reactive ketones (excluding diaryl/α,β-unsaturated/α-hetero) is 1. The number of hydrogen-bond acceptors (Lipinski definition) is 3. The number of carbonyl (C=O) groups excluding carboxylic acids is 1. The van der Waals surface area contributed by atoms with E-state index in [2.05, 4.69) is 107 Å². The largest absolute Gasteiger partial charge is 0.506 e. The molecular formula is C34H47O2S2+. The van der Waals surface area contributed by atoms with Crippen LogP contribution >= 0.6 is 23.1 Å². The van der Waals surface area contributed by atoms with E-state index >= 15 is 0 Å². The van der Waals surface area contributed by atoms with Crippen molar-refractivity contribution in [1.29, 1.82) is 0 Å². The standard InChI is InChI=1S/C34H46O2S2/c1-13-33(9,10)27-19-21(17-25(37-27)31(3,4)5)15-23-29(35)24(30(23)36)16-22-18-26(32(6,7)8)38-28(20-22)34(11,12)14-2/h15-20H,13-14H2,1-12H3/p+1. The molecule has 206 valence electrons. The van der Waals surface area contributed by atoms with Crippen LogP contribution in [-0.4, -0.2) is 10.9 Å². The first-order valence-corrected chi connectivity index (χ1v) is 15.5. The summed E-state index contributed by atoms with van der Waals surface area (Å²) in [5, 5.41) is 11.0. The van der Waals surface area contributed by atoms with Gasteiger partial charge in [0.1, 0.15) is 5.76 Å². The number of aliphatic hydroxyl groups excluding tert-OH is 1. The molecule has 0 bridgehead atoms. The Labute approximate surface area is 239 Å². The molecule has 4 heteroatoms. The summed E-state index contributed by atoms with van der Waals surface area (Å²) in [7, 11) is 0. The summed E-state index contributed by atoms with van der Waals surface area (Å²) in [4.78, 5) is 18.5. The van der Waals surface area contributed by atoms with Gasteiger partial charge in [-0.25, -0.2) is 0 Å². The molecule has 0 unspecified atom stereocenters.